The van der Waals surface area contributed by atoms with Crippen molar-refractivity contribution < 1.29 is 18.0 Å². The van der Waals surface area contributed by atoms with Crippen molar-refractivity contribution in [2.45, 2.75) is 53.1 Å². The first-order valence-electron chi connectivity index (χ1n) is 11.8. The van der Waals surface area contributed by atoms with Gasteiger partial charge in [-0.2, -0.15) is 12.7 Å². The fraction of sp³-hybridized carbons (Fsp3) is 0.462. The Morgan fingerprint density at radius 1 is 0.971 bits per heavy atom. The van der Waals surface area contributed by atoms with Crippen molar-refractivity contribution in [3.8, 4) is 0 Å². The minimum atomic E-state index is -3.97. The standard InChI is InChI=1S/C26H38N4O4S/c1-19(2)27-26(32)22(5)29(16-15-23-11-9-8-10-12-23)25(31)18-30(35(33,34)28(6)7)24-17-20(3)13-14-21(24)4/h8-14,17,19,22H,15-16,18H2,1-7H3,(H,27,32)/t22-/m1/s1. The molecule has 0 saturated carbocycles. The molecule has 0 unspecified atom stereocenters. The van der Waals surface area contributed by atoms with E-state index in [1.807, 2.05) is 70.2 Å². The third-order valence-electron chi connectivity index (χ3n) is 5.73. The van der Waals surface area contributed by atoms with Gasteiger partial charge in [-0.3, -0.25) is 9.59 Å². The Bertz CT molecular complexity index is 1120. The number of carbonyl (C=O) groups is 2. The summed E-state index contributed by atoms with van der Waals surface area (Å²) in [5, 5.41) is 2.85. The normalized spacial score (nSPS) is 12.5. The Kier molecular flexibility index (Phi) is 9.85. The second kappa shape index (κ2) is 12.2. The zero-order valence-electron chi connectivity index (χ0n) is 21.8. The summed E-state index contributed by atoms with van der Waals surface area (Å²) in [6.45, 7) is 8.92. The minimum absolute atomic E-state index is 0.0865. The highest BCUT2D eigenvalue weighted by atomic mass is 32.2. The molecule has 0 heterocycles. The molecule has 192 valence electrons. The Balaban J connectivity index is 2.43. The molecule has 0 saturated heterocycles. The first-order chi connectivity index (χ1) is 16.3. The van der Waals surface area contributed by atoms with Gasteiger partial charge in [0.2, 0.25) is 11.8 Å². The molecule has 0 radical (unpaired) electrons. The van der Waals surface area contributed by atoms with Crippen LogP contribution in [0.2, 0.25) is 0 Å². The van der Waals surface area contributed by atoms with Crippen molar-refractivity contribution in [3.63, 3.8) is 0 Å². The lowest BCUT2D eigenvalue weighted by Gasteiger charge is -2.33. The van der Waals surface area contributed by atoms with Crippen molar-refractivity contribution in [3.05, 3.63) is 65.2 Å². The van der Waals surface area contributed by atoms with Crippen LogP contribution in [0.15, 0.2) is 48.5 Å². The van der Waals surface area contributed by atoms with Crippen LogP contribution in [0.5, 0.6) is 0 Å². The molecule has 1 atom stereocenters. The number of aryl methyl sites for hydroxylation is 2. The van der Waals surface area contributed by atoms with E-state index in [4.69, 9.17) is 0 Å². The second-order valence-electron chi connectivity index (χ2n) is 9.25. The maximum absolute atomic E-state index is 13.7. The highest BCUT2D eigenvalue weighted by Gasteiger charge is 2.33. The summed E-state index contributed by atoms with van der Waals surface area (Å²) in [4.78, 5) is 28.0. The maximum Gasteiger partial charge on any atom is 0.304 e. The Morgan fingerprint density at radius 2 is 1.60 bits per heavy atom. The average Bonchev–Trinajstić information content (AvgIpc) is 2.79. The fourth-order valence-electron chi connectivity index (χ4n) is 3.67. The Morgan fingerprint density at radius 3 is 2.17 bits per heavy atom. The van der Waals surface area contributed by atoms with Crippen LogP contribution in [-0.2, 0) is 26.2 Å². The fourth-order valence-corrected chi connectivity index (χ4v) is 4.78. The van der Waals surface area contributed by atoms with E-state index in [1.165, 1.54) is 19.0 Å². The predicted molar refractivity (Wildman–Crippen MR) is 140 cm³/mol. The third-order valence-corrected chi connectivity index (χ3v) is 7.54. The number of nitrogens with one attached hydrogen (secondary N) is 1. The smallest absolute Gasteiger partial charge is 0.304 e. The van der Waals surface area contributed by atoms with Crippen LogP contribution in [0.25, 0.3) is 0 Å². The second-order valence-corrected chi connectivity index (χ2v) is 11.3. The monoisotopic (exact) mass is 502 g/mol. The molecule has 9 heteroatoms. The molecule has 2 amide bonds. The third kappa shape index (κ3) is 7.53. The quantitative estimate of drug-likeness (QED) is 0.512. The molecular weight excluding hydrogens is 464 g/mol. The van der Waals surface area contributed by atoms with Gasteiger partial charge in [-0.25, -0.2) is 4.31 Å². The summed E-state index contributed by atoms with van der Waals surface area (Å²) in [6, 6.07) is 14.3. The number of anilines is 1. The van der Waals surface area contributed by atoms with Gasteiger partial charge in [0, 0.05) is 26.7 Å². The van der Waals surface area contributed by atoms with Crippen LogP contribution in [-0.4, -0.2) is 68.7 Å². The largest absolute Gasteiger partial charge is 0.352 e. The van der Waals surface area contributed by atoms with Crippen LogP contribution in [0.1, 0.15) is 37.5 Å². The minimum Gasteiger partial charge on any atom is -0.352 e. The first kappa shape index (κ1) is 28.3. The van der Waals surface area contributed by atoms with Crippen molar-refractivity contribution in [1.82, 2.24) is 14.5 Å². The molecule has 2 aromatic carbocycles. The Labute approximate surface area is 210 Å². The zero-order chi connectivity index (χ0) is 26.3. The molecule has 2 aromatic rings. The topological polar surface area (TPSA) is 90.0 Å². The van der Waals surface area contributed by atoms with Gasteiger partial charge in [0.1, 0.15) is 12.6 Å². The summed E-state index contributed by atoms with van der Waals surface area (Å²) in [5.41, 5.74) is 3.07. The van der Waals surface area contributed by atoms with Gasteiger partial charge >= 0.3 is 10.2 Å². The molecular formula is C26H38N4O4S. The van der Waals surface area contributed by atoms with Crippen LogP contribution in [0.4, 0.5) is 5.69 Å². The SMILES string of the molecule is Cc1ccc(C)c(N(CC(=O)N(CCc2ccccc2)[C@H](C)C(=O)NC(C)C)S(=O)(=O)N(C)C)c1. The summed E-state index contributed by atoms with van der Waals surface area (Å²) in [6.07, 6.45) is 0.537. The average molecular weight is 503 g/mol. The lowest BCUT2D eigenvalue weighted by atomic mass is 10.1. The van der Waals surface area contributed by atoms with E-state index in [2.05, 4.69) is 5.32 Å². The highest BCUT2D eigenvalue weighted by Crippen LogP contribution is 2.25. The summed E-state index contributed by atoms with van der Waals surface area (Å²) in [7, 11) is -1.10. The van der Waals surface area contributed by atoms with Crippen molar-refractivity contribution in [1.29, 1.82) is 0 Å². The molecule has 0 spiro atoms. The van der Waals surface area contributed by atoms with Gasteiger partial charge < -0.3 is 10.2 Å². The van der Waals surface area contributed by atoms with Crippen molar-refractivity contribution >= 4 is 27.7 Å². The number of benzene rings is 2. The molecule has 1 N–H and O–H groups in total. The number of amides is 2. The van der Waals surface area contributed by atoms with E-state index >= 15 is 0 Å². The maximum atomic E-state index is 13.7. The van der Waals surface area contributed by atoms with Gasteiger partial charge in [0.15, 0.2) is 0 Å². The van der Waals surface area contributed by atoms with E-state index in [0.29, 0.717) is 12.1 Å². The molecule has 0 aromatic heterocycles. The molecule has 0 aliphatic carbocycles. The Hall–Kier alpha value is -2.91. The van der Waals surface area contributed by atoms with Crippen LogP contribution < -0.4 is 9.62 Å². The summed E-state index contributed by atoms with van der Waals surface area (Å²) in [5.74, 6) is -0.728. The molecule has 0 aliphatic rings. The number of rotatable bonds is 11. The lowest BCUT2D eigenvalue weighted by molar-refractivity contribution is -0.139. The highest BCUT2D eigenvalue weighted by molar-refractivity contribution is 7.90. The lowest BCUT2D eigenvalue weighted by Crippen LogP contribution is -2.54. The van der Waals surface area contributed by atoms with E-state index < -0.39 is 28.7 Å². The zero-order valence-corrected chi connectivity index (χ0v) is 22.6. The van der Waals surface area contributed by atoms with Crippen molar-refractivity contribution in [2.24, 2.45) is 0 Å². The first-order valence-corrected chi connectivity index (χ1v) is 13.2. The van der Waals surface area contributed by atoms with E-state index in [0.717, 1.165) is 25.3 Å². The van der Waals surface area contributed by atoms with Gasteiger partial charge in [-0.1, -0.05) is 42.5 Å². The summed E-state index contributed by atoms with van der Waals surface area (Å²) >= 11 is 0. The summed E-state index contributed by atoms with van der Waals surface area (Å²) < 4.78 is 28.8. The molecule has 0 fully saturated rings. The predicted octanol–water partition coefficient (Wildman–Crippen LogP) is 2.90. The van der Waals surface area contributed by atoms with E-state index in [1.54, 1.807) is 13.0 Å². The molecule has 0 bridgehead atoms. The van der Waals surface area contributed by atoms with E-state index in [9.17, 15) is 18.0 Å². The molecule has 0 aliphatic heterocycles. The van der Waals surface area contributed by atoms with Crippen molar-refractivity contribution in [2.75, 3.05) is 31.5 Å². The van der Waals surface area contributed by atoms with Crippen LogP contribution in [0, 0.1) is 13.8 Å². The van der Waals surface area contributed by atoms with Crippen LogP contribution in [0.3, 0.4) is 0 Å². The van der Waals surface area contributed by atoms with E-state index in [-0.39, 0.29) is 18.5 Å². The molecule has 35 heavy (non-hydrogen) atoms. The van der Waals surface area contributed by atoms with Gasteiger partial charge in [-0.15, -0.1) is 0 Å². The van der Waals surface area contributed by atoms with Gasteiger partial charge in [0.05, 0.1) is 5.69 Å². The van der Waals surface area contributed by atoms with Gasteiger partial charge in [0.25, 0.3) is 0 Å². The van der Waals surface area contributed by atoms with Gasteiger partial charge in [-0.05, 0) is 63.8 Å². The van der Waals surface area contributed by atoms with Crippen LogP contribution >= 0.6 is 0 Å². The number of carbonyl (C=O) groups excluding carboxylic acids is 2. The number of nitrogens with zero attached hydrogens (tertiary/aromatic N) is 3. The number of hydrogen-bond acceptors (Lipinski definition) is 4. The molecule has 8 nitrogen and oxygen atoms in total. The number of hydrogen-bond donors (Lipinski definition) is 1. The molecule has 2 rings (SSSR count).